The molecule has 0 aromatic carbocycles. The van der Waals surface area contributed by atoms with Crippen LogP contribution in [0.15, 0.2) is 12.4 Å². The fraction of sp³-hybridized carbons (Fsp3) is 0.545. The van der Waals surface area contributed by atoms with Gasteiger partial charge in [0.25, 0.3) is 0 Å². The van der Waals surface area contributed by atoms with Crippen LogP contribution < -0.4 is 15.4 Å². The highest BCUT2D eigenvalue weighted by atomic mass is 16.5. The van der Waals surface area contributed by atoms with Gasteiger partial charge in [0.15, 0.2) is 0 Å². The zero-order valence-corrected chi connectivity index (χ0v) is 10.4. The van der Waals surface area contributed by atoms with Crippen molar-refractivity contribution in [2.45, 2.75) is 26.3 Å². The van der Waals surface area contributed by atoms with Crippen LogP contribution in [0.1, 0.15) is 20.3 Å². The Morgan fingerprint density at radius 2 is 2.29 bits per heavy atom. The van der Waals surface area contributed by atoms with Gasteiger partial charge in [-0.1, -0.05) is 6.92 Å². The van der Waals surface area contributed by atoms with Crippen LogP contribution in [0.25, 0.3) is 0 Å². The van der Waals surface area contributed by atoms with Crippen molar-refractivity contribution in [2.24, 2.45) is 0 Å². The third-order valence-electron chi connectivity index (χ3n) is 2.16. The molecule has 0 aliphatic carbocycles. The first kappa shape index (κ1) is 13.2. The average molecular weight is 238 g/mol. The lowest BCUT2D eigenvalue weighted by atomic mass is 10.3. The lowest BCUT2D eigenvalue weighted by molar-refractivity contribution is -0.121. The van der Waals surface area contributed by atoms with Crippen molar-refractivity contribution in [3.8, 4) is 5.88 Å². The Kier molecular flexibility index (Phi) is 5.19. The monoisotopic (exact) mass is 238 g/mol. The summed E-state index contributed by atoms with van der Waals surface area (Å²) in [7, 11) is 1.53. The molecule has 0 aliphatic heterocycles. The Bertz CT molecular complexity index is 370. The quantitative estimate of drug-likeness (QED) is 0.767. The van der Waals surface area contributed by atoms with E-state index in [1.165, 1.54) is 13.4 Å². The lowest BCUT2D eigenvalue weighted by Crippen LogP contribution is -2.38. The second-order valence-corrected chi connectivity index (χ2v) is 3.60. The Balaban J connectivity index is 2.54. The standard InChI is InChI=1S/C11H18N4O2/c1-4-5-12-11(16)8(2)15-9-6-10(17-3)14-7-13-9/h6-8H,4-5H2,1-3H3,(H,12,16)(H,13,14,15). The van der Waals surface area contributed by atoms with Crippen molar-refractivity contribution in [3.63, 3.8) is 0 Å². The molecule has 2 N–H and O–H groups in total. The summed E-state index contributed by atoms with van der Waals surface area (Å²) < 4.78 is 4.97. The smallest absolute Gasteiger partial charge is 0.242 e. The molecular formula is C11H18N4O2. The second kappa shape index (κ2) is 6.67. The van der Waals surface area contributed by atoms with Crippen LogP contribution in [-0.2, 0) is 4.79 Å². The first-order valence-corrected chi connectivity index (χ1v) is 5.57. The minimum Gasteiger partial charge on any atom is -0.481 e. The van der Waals surface area contributed by atoms with E-state index in [9.17, 15) is 4.79 Å². The third-order valence-corrected chi connectivity index (χ3v) is 2.16. The number of carbonyl (C=O) groups excluding carboxylic acids is 1. The molecule has 94 valence electrons. The molecule has 1 heterocycles. The molecule has 0 spiro atoms. The molecule has 1 aromatic heterocycles. The van der Waals surface area contributed by atoms with Crippen molar-refractivity contribution in [1.29, 1.82) is 0 Å². The molecule has 1 amide bonds. The highest BCUT2D eigenvalue weighted by molar-refractivity contribution is 5.83. The topological polar surface area (TPSA) is 76.1 Å². The van der Waals surface area contributed by atoms with E-state index < -0.39 is 0 Å². The lowest BCUT2D eigenvalue weighted by Gasteiger charge is -2.14. The van der Waals surface area contributed by atoms with Gasteiger partial charge < -0.3 is 15.4 Å². The minimum absolute atomic E-state index is 0.0515. The summed E-state index contributed by atoms with van der Waals surface area (Å²) in [6.07, 6.45) is 2.30. The summed E-state index contributed by atoms with van der Waals surface area (Å²) in [5.41, 5.74) is 0. The van der Waals surface area contributed by atoms with Gasteiger partial charge in [-0.15, -0.1) is 0 Å². The molecule has 0 radical (unpaired) electrons. The minimum atomic E-state index is -0.346. The number of nitrogens with one attached hydrogen (secondary N) is 2. The van der Waals surface area contributed by atoms with Crippen LogP contribution in [0.3, 0.4) is 0 Å². The maximum absolute atomic E-state index is 11.6. The van der Waals surface area contributed by atoms with Gasteiger partial charge in [0.2, 0.25) is 11.8 Å². The number of rotatable bonds is 6. The van der Waals surface area contributed by atoms with Crippen molar-refractivity contribution in [3.05, 3.63) is 12.4 Å². The van der Waals surface area contributed by atoms with Gasteiger partial charge in [0.05, 0.1) is 7.11 Å². The highest BCUT2D eigenvalue weighted by Crippen LogP contribution is 2.10. The van der Waals surface area contributed by atoms with Crippen molar-refractivity contribution < 1.29 is 9.53 Å². The third kappa shape index (κ3) is 4.26. The van der Waals surface area contributed by atoms with Gasteiger partial charge >= 0.3 is 0 Å². The Morgan fingerprint density at radius 3 is 2.94 bits per heavy atom. The summed E-state index contributed by atoms with van der Waals surface area (Å²) in [6, 6.07) is 1.30. The van der Waals surface area contributed by atoms with Crippen molar-refractivity contribution in [1.82, 2.24) is 15.3 Å². The normalized spacial score (nSPS) is 11.7. The van der Waals surface area contributed by atoms with Gasteiger partial charge in [-0.25, -0.2) is 9.97 Å². The number of aromatic nitrogens is 2. The summed E-state index contributed by atoms with van der Waals surface area (Å²) in [4.78, 5) is 19.5. The van der Waals surface area contributed by atoms with E-state index in [0.717, 1.165) is 6.42 Å². The Hall–Kier alpha value is -1.85. The second-order valence-electron chi connectivity index (χ2n) is 3.60. The van der Waals surface area contributed by atoms with Gasteiger partial charge in [0.1, 0.15) is 18.2 Å². The molecule has 6 nitrogen and oxygen atoms in total. The SMILES string of the molecule is CCCNC(=O)C(C)Nc1cc(OC)ncn1. The molecule has 17 heavy (non-hydrogen) atoms. The van der Waals surface area contributed by atoms with Gasteiger partial charge in [0, 0.05) is 12.6 Å². The number of carbonyl (C=O) groups is 1. The molecule has 1 unspecified atom stereocenters. The summed E-state index contributed by atoms with van der Waals surface area (Å²) in [5, 5.41) is 5.79. The summed E-state index contributed by atoms with van der Waals surface area (Å²) in [5.74, 6) is 0.976. The van der Waals surface area contributed by atoms with Crippen molar-refractivity contribution in [2.75, 3.05) is 19.0 Å². The van der Waals surface area contributed by atoms with E-state index in [4.69, 9.17) is 4.74 Å². The van der Waals surface area contributed by atoms with Crippen LogP contribution in [0.5, 0.6) is 5.88 Å². The average Bonchev–Trinajstić information content (AvgIpc) is 2.36. The maximum atomic E-state index is 11.6. The predicted molar refractivity (Wildman–Crippen MR) is 65.0 cm³/mol. The van der Waals surface area contributed by atoms with Crippen LogP contribution in [0.4, 0.5) is 5.82 Å². The number of methoxy groups -OCH3 is 1. The van der Waals surface area contributed by atoms with Crippen LogP contribution in [0.2, 0.25) is 0 Å². The van der Waals surface area contributed by atoms with E-state index in [1.807, 2.05) is 6.92 Å². The van der Waals surface area contributed by atoms with Gasteiger partial charge in [-0.05, 0) is 13.3 Å². The number of ether oxygens (including phenoxy) is 1. The van der Waals surface area contributed by atoms with Crippen molar-refractivity contribution >= 4 is 11.7 Å². The fourth-order valence-electron chi connectivity index (χ4n) is 1.22. The van der Waals surface area contributed by atoms with Gasteiger partial charge in [-0.2, -0.15) is 0 Å². The van der Waals surface area contributed by atoms with Crippen LogP contribution >= 0.6 is 0 Å². The molecular weight excluding hydrogens is 220 g/mol. The van der Waals surface area contributed by atoms with E-state index in [0.29, 0.717) is 18.2 Å². The van der Waals surface area contributed by atoms with E-state index >= 15 is 0 Å². The number of amides is 1. The van der Waals surface area contributed by atoms with Gasteiger partial charge in [-0.3, -0.25) is 4.79 Å². The number of nitrogens with zero attached hydrogens (tertiary/aromatic N) is 2. The number of anilines is 1. The molecule has 1 atom stereocenters. The first-order valence-electron chi connectivity index (χ1n) is 5.57. The Morgan fingerprint density at radius 1 is 1.53 bits per heavy atom. The van der Waals surface area contributed by atoms with E-state index in [1.54, 1.807) is 13.0 Å². The first-order chi connectivity index (χ1) is 8.17. The molecule has 0 saturated carbocycles. The number of hydrogen-bond donors (Lipinski definition) is 2. The molecule has 6 heteroatoms. The van der Waals surface area contributed by atoms with E-state index in [2.05, 4.69) is 20.6 Å². The Labute approximate surface area is 101 Å². The summed E-state index contributed by atoms with van der Waals surface area (Å²) >= 11 is 0. The largest absolute Gasteiger partial charge is 0.481 e. The van der Waals surface area contributed by atoms with E-state index in [-0.39, 0.29) is 11.9 Å². The molecule has 0 bridgehead atoms. The molecule has 1 rings (SSSR count). The summed E-state index contributed by atoms with van der Waals surface area (Å²) in [6.45, 7) is 4.46. The van der Waals surface area contributed by atoms with Crippen LogP contribution in [-0.4, -0.2) is 35.6 Å². The molecule has 0 aliphatic rings. The zero-order chi connectivity index (χ0) is 12.7. The molecule has 0 fully saturated rings. The maximum Gasteiger partial charge on any atom is 0.242 e. The highest BCUT2D eigenvalue weighted by Gasteiger charge is 2.12. The zero-order valence-electron chi connectivity index (χ0n) is 10.4. The predicted octanol–water partition coefficient (Wildman–Crippen LogP) is 0.812. The number of hydrogen-bond acceptors (Lipinski definition) is 5. The molecule has 0 saturated heterocycles. The molecule has 1 aromatic rings. The van der Waals surface area contributed by atoms with Crippen LogP contribution in [0, 0.1) is 0 Å². The fourth-order valence-corrected chi connectivity index (χ4v) is 1.22.